The van der Waals surface area contributed by atoms with E-state index in [1.807, 2.05) is 23.2 Å². The zero-order valence-corrected chi connectivity index (χ0v) is 14.3. The van der Waals surface area contributed by atoms with E-state index in [1.165, 1.54) is 11.1 Å². The van der Waals surface area contributed by atoms with Crippen LogP contribution in [0.1, 0.15) is 17.0 Å². The van der Waals surface area contributed by atoms with Gasteiger partial charge in [-0.1, -0.05) is 24.3 Å². The van der Waals surface area contributed by atoms with E-state index in [0.29, 0.717) is 6.54 Å². The molecule has 0 saturated heterocycles. The Morgan fingerprint density at radius 1 is 1.17 bits per heavy atom. The van der Waals surface area contributed by atoms with Gasteiger partial charge in [0.25, 0.3) is 0 Å². The third-order valence-corrected chi connectivity index (χ3v) is 4.44. The number of hydrogen-bond acceptors (Lipinski definition) is 3. The second-order valence-corrected chi connectivity index (χ2v) is 5.70. The predicted molar refractivity (Wildman–Crippen MR) is 92.9 cm³/mol. The van der Waals surface area contributed by atoms with Gasteiger partial charge in [-0.25, -0.2) is 4.98 Å². The van der Waals surface area contributed by atoms with Crippen LogP contribution in [-0.4, -0.2) is 32.9 Å². The Hall–Kier alpha value is -1.56. The number of carbonyl (C=O) groups is 1. The van der Waals surface area contributed by atoms with Crippen molar-refractivity contribution in [2.75, 3.05) is 6.54 Å². The van der Waals surface area contributed by atoms with Crippen LogP contribution in [-0.2, 0) is 30.8 Å². The summed E-state index contributed by atoms with van der Waals surface area (Å²) in [5, 5.41) is 3.37. The minimum absolute atomic E-state index is 0. The van der Waals surface area contributed by atoms with Crippen molar-refractivity contribution < 1.29 is 4.79 Å². The normalized spacial score (nSPS) is 19.0. The molecular weight excluding hydrogens is 335 g/mol. The van der Waals surface area contributed by atoms with Gasteiger partial charge in [-0.2, -0.15) is 0 Å². The summed E-state index contributed by atoms with van der Waals surface area (Å²) in [6, 6.07) is 8.23. The van der Waals surface area contributed by atoms with Crippen molar-refractivity contribution in [1.82, 2.24) is 19.8 Å². The lowest BCUT2D eigenvalue weighted by Crippen LogP contribution is -2.51. The number of amides is 1. The summed E-state index contributed by atoms with van der Waals surface area (Å²) in [6.07, 6.45) is 4.56. The molecule has 0 fully saturated rings. The molecule has 1 aromatic carbocycles. The molecule has 7 heteroatoms. The van der Waals surface area contributed by atoms with Crippen LogP contribution in [0.5, 0.6) is 0 Å². The molecule has 2 aliphatic rings. The SMILES string of the molecule is Cl.Cl.O=C(C1Cc2ccccc2CN1)N1CCn2ccnc2C1. The van der Waals surface area contributed by atoms with Crippen LogP contribution in [0.2, 0.25) is 0 Å². The van der Waals surface area contributed by atoms with Crippen molar-refractivity contribution >= 4 is 30.7 Å². The maximum Gasteiger partial charge on any atom is 0.240 e. The van der Waals surface area contributed by atoms with Crippen molar-refractivity contribution in [3.63, 3.8) is 0 Å². The quantitative estimate of drug-likeness (QED) is 0.849. The van der Waals surface area contributed by atoms with Crippen LogP contribution in [0.25, 0.3) is 0 Å². The van der Waals surface area contributed by atoms with E-state index < -0.39 is 0 Å². The van der Waals surface area contributed by atoms with Gasteiger partial charge < -0.3 is 14.8 Å². The van der Waals surface area contributed by atoms with Crippen LogP contribution in [0.15, 0.2) is 36.7 Å². The van der Waals surface area contributed by atoms with Gasteiger partial charge in [0.1, 0.15) is 5.82 Å². The maximum atomic E-state index is 12.7. The van der Waals surface area contributed by atoms with E-state index in [1.54, 1.807) is 6.20 Å². The monoisotopic (exact) mass is 354 g/mol. The topological polar surface area (TPSA) is 50.2 Å². The van der Waals surface area contributed by atoms with Gasteiger partial charge in [0, 0.05) is 32.0 Å². The molecule has 1 aromatic heterocycles. The Bertz CT molecular complexity index is 688. The van der Waals surface area contributed by atoms with Gasteiger partial charge in [-0.3, -0.25) is 4.79 Å². The number of carbonyl (C=O) groups excluding carboxylic acids is 1. The highest BCUT2D eigenvalue weighted by molar-refractivity contribution is 5.85. The van der Waals surface area contributed by atoms with E-state index >= 15 is 0 Å². The lowest BCUT2D eigenvalue weighted by Gasteiger charge is -2.33. The first-order valence-corrected chi connectivity index (χ1v) is 7.40. The first-order chi connectivity index (χ1) is 10.3. The van der Waals surface area contributed by atoms with E-state index in [4.69, 9.17) is 0 Å². The third-order valence-electron chi connectivity index (χ3n) is 4.44. The average molecular weight is 355 g/mol. The van der Waals surface area contributed by atoms with E-state index in [9.17, 15) is 4.79 Å². The van der Waals surface area contributed by atoms with Crippen LogP contribution < -0.4 is 5.32 Å². The van der Waals surface area contributed by atoms with Crippen molar-refractivity contribution in [3.8, 4) is 0 Å². The Morgan fingerprint density at radius 2 is 1.96 bits per heavy atom. The smallest absolute Gasteiger partial charge is 0.240 e. The summed E-state index contributed by atoms with van der Waals surface area (Å²) in [4.78, 5) is 19.0. The summed E-state index contributed by atoms with van der Waals surface area (Å²) in [6.45, 7) is 2.99. The number of hydrogen-bond donors (Lipinski definition) is 1. The number of imidazole rings is 1. The first-order valence-electron chi connectivity index (χ1n) is 7.40. The van der Waals surface area contributed by atoms with E-state index in [0.717, 1.165) is 31.9 Å². The number of benzene rings is 1. The molecule has 1 N–H and O–H groups in total. The summed E-state index contributed by atoms with van der Waals surface area (Å²) >= 11 is 0. The second kappa shape index (κ2) is 7.34. The number of nitrogens with one attached hydrogen (secondary N) is 1. The fourth-order valence-corrected chi connectivity index (χ4v) is 3.21. The Morgan fingerprint density at radius 3 is 2.78 bits per heavy atom. The Balaban J connectivity index is 0.000000960. The molecule has 0 radical (unpaired) electrons. The molecular formula is C16H20Cl2N4O. The Labute approximate surface area is 147 Å². The molecule has 4 rings (SSSR count). The van der Waals surface area contributed by atoms with Crippen LogP contribution in [0.4, 0.5) is 0 Å². The largest absolute Gasteiger partial charge is 0.332 e. The van der Waals surface area contributed by atoms with Crippen molar-refractivity contribution in [1.29, 1.82) is 0 Å². The fourth-order valence-electron chi connectivity index (χ4n) is 3.21. The molecule has 1 unspecified atom stereocenters. The predicted octanol–water partition coefficient (Wildman–Crippen LogP) is 1.78. The van der Waals surface area contributed by atoms with E-state index in [-0.39, 0.29) is 36.8 Å². The lowest BCUT2D eigenvalue weighted by molar-refractivity contribution is -0.135. The minimum Gasteiger partial charge on any atom is -0.332 e. The number of aromatic nitrogens is 2. The van der Waals surface area contributed by atoms with Gasteiger partial charge in [0.05, 0.1) is 12.6 Å². The molecule has 0 spiro atoms. The Kier molecular flexibility index (Phi) is 5.68. The maximum absolute atomic E-state index is 12.7. The van der Waals surface area contributed by atoms with Crippen LogP contribution in [0.3, 0.4) is 0 Å². The summed E-state index contributed by atoms with van der Waals surface area (Å²) in [5.74, 6) is 1.17. The van der Waals surface area contributed by atoms with Gasteiger partial charge in [0.2, 0.25) is 5.91 Å². The fraction of sp³-hybridized carbons (Fsp3) is 0.375. The average Bonchev–Trinajstić information content (AvgIpc) is 3.01. The number of fused-ring (bicyclic) bond motifs is 2. The molecule has 5 nitrogen and oxygen atoms in total. The molecule has 0 aliphatic carbocycles. The van der Waals surface area contributed by atoms with Crippen molar-refractivity contribution in [2.45, 2.75) is 32.1 Å². The highest BCUT2D eigenvalue weighted by atomic mass is 35.5. The summed E-state index contributed by atoms with van der Waals surface area (Å²) in [7, 11) is 0. The zero-order chi connectivity index (χ0) is 14.2. The van der Waals surface area contributed by atoms with Gasteiger partial charge in [0.15, 0.2) is 0 Å². The van der Waals surface area contributed by atoms with Crippen LogP contribution in [0, 0.1) is 0 Å². The first kappa shape index (κ1) is 17.8. The van der Waals surface area contributed by atoms with Crippen molar-refractivity contribution in [3.05, 3.63) is 53.6 Å². The molecule has 2 aromatic rings. The van der Waals surface area contributed by atoms with Gasteiger partial charge in [-0.15, -0.1) is 24.8 Å². The standard InChI is InChI=1S/C16H18N4O.2ClH/c21-16(20-8-7-19-6-5-17-15(19)11-20)14-9-12-3-1-2-4-13(12)10-18-14;;/h1-6,14,18H,7-11H2;2*1H. The summed E-state index contributed by atoms with van der Waals surface area (Å²) in [5.41, 5.74) is 2.59. The van der Waals surface area contributed by atoms with Gasteiger partial charge in [-0.05, 0) is 17.5 Å². The minimum atomic E-state index is -0.110. The molecule has 2 aliphatic heterocycles. The molecule has 1 atom stereocenters. The second-order valence-electron chi connectivity index (χ2n) is 5.70. The third kappa shape index (κ3) is 3.37. The summed E-state index contributed by atoms with van der Waals surface area (Å²) < 4.78 is 2.12. The van der Waals surface area contributed by atoms with Crippen LogP contribution >= 0.6 is 24.8 Å². The number of halogens is 2. The highest BCUT2D eigenvalue weighted by Gasteiger charge is 2.30. The molecule has 3 heterocycles. The number of rotatable bonds is 1. The lowest BCUT2D eigenvalue weighted by atomic mass is 9.95. The molecule has 23 heavy (non-hydrogen) atoms. The molecule has 124 valence electrons. The van der Waals surface area contributed by atoms with E-state index in [2.05, 4.69) is 27.0 Å². The molecule has 0 bridgehead atoms. The number of nitrogens with zero attached hydrogens (tertiary/aromatic N) is 3. The van der Waals surface area contributed by atoms with Gasteiger partial charge >= 0.3 is 0 Å². The molecule has 1 amide bonds. The molecule has 0 saturated carbocycles. The van der Waals surface area contributed by atoms with Crippen molar-refractivity contribution in [2.24, 2.45) is 0 Å². The highest BCUT2D eigenvalue weighted by Crippen LogP contribution is 2.19. The zero-order valence-electron chi connectivity index (χ0n) is 12.6.